The largest absolute Gasteiger partial charge is 0.330 e. The van der Waals surface area contributed by atoms with Crippen molar-refractivity contribution in [1.29, 1.82) is 0 Å². The lowest BCUT2D eigenvalue weighted by atomic mass is 10.1. The Bertz CT molecular complexity index is 699. The van der Waals surface area contributed by atoms with Gasteiger partial charge in [-0.15, -0.1) is 0 Å². The van der Waals surface area contributed by atoms with Crippen LogP contribution in [-0.4, -0.2) is 11.0 Å². The first-order valence-corrected chi connectivity index (χ1v) is 7.73. The van der Waals surface area contributed by atoms with E-state index in [1.54, 1.807) is 18.2 Å². The van der Waals surface area contributed by atoms with Gasteiger partial charge in [-0.1, -0.05) is 53.5 Å². The topological polar surface area (TPSA) is 41.1 Å². The Labute approximate surface area is 144 Å². The lowest BCUT2D eigenvalue weighted by Crippen LogP contribution is -2.35. The predicted molar refractivity (Wildman–Crippen MR) is 95.7 cm³/mol. The zero-order valence-electron chi connectivity index (χ0n) is 11.8. The number of carbonyl (C=O) groups is 1. The summed E-state index contributed by atoms with van der Waals surface area (Å²) in [5.74, 6) is -0.199. The minimum absolute atomic E-state index is 0.161. The Morgan fingerprint density at radius 3 is 2.36 bits per heavy atom. The number of nitrogens with one attached hydrogen (secondary N) is 2. The minimum Gasteiger partial charge on any atom is -0.330 e. The molecular formula is C16H14Cl2N2OS. The SMILES string of the molecule is Cc1ccccc1CC(=O)NC(=S)Nc1c(Cl)cccc1Cl. The predicted octanol–water partition coefficient (Wildman–Crippen LogP) is 4.36. The molecule has 0 atom stereocenters. The van der Waals surface area contributed by atoms with Gasteiger partial charge < -0.3 is 10.6 Å². The maximum atomic E-state index is 12.0. The molecule has 0 unspecified atom stereocenters. The summed E-state index contributed by atoms with van der Waals surface area (Å²) < 4.78 is 0. The minimum atomic E-state index is -0.199. The molecule has 0 bridgehead atoms. The van der Waals surface area contributed by atoms with Gasteiger partial charge >= 0.3 is 0 Å². The monoisotopic (exact) mass is 352 g/mol. The Morgan fingerprint density at radius 1 is 1.09 bits per heavy atom. The summed E-state index contributed by atoms with van der Waals surface area (Å²) in [6, 6.07) is 12.8. The molecule has 0 aliphatic carbocycles. The molecule has 0 heterocycles. The van der Waals surface area contributed by atoms with Gasteiger partial charge in [-0.2, -0.15) is 0 Å². The standard InChI is InChI=1S/C16H14Cl2N2OS/c1-10-5-2-3-6-11(10)9-14(21)19-16(22)20-15-12(17)7-4-8-13(15)18/h2-8H,9H2,1H3,(H2,19,20,21,22). The van der Waals surface area contributed by atoms with E-state index in [9.17, 15) is 4.79 Å². The molecule has 2 aromatic carbocycles. The number of halogens is 2. The summed E-state index contributed by atoms with van der Waals surface area (Å²) in [6.45, 7) is 1.96. The first-order chi connectivity index (χ1) is 10.5. The fraction of sp³-hybridized carbons (Fsp3) is 0.125. The molecule has 0 aromatic heterocycles. The van der Waals surface area contributed by atoms with E-state index in [1.165, 1.54) is 0 Å². The van der Waals surface area contributed by atoms with Gasteiger partial charge in [-0.05, 0) is 42.4 Å². The molecule has 0 aliphatic heterocycles. The number of anilines is 1. The van der Waals surface area contributed by atoms with Crippen LogP contribution < -0.4 is 10.6 Å². The quantitative estimate of drug-likeness (QED) is 0.806. The lowest BCUT2D eigenvalue weighted by molar-refractivity contribution is -0.119. The number of benzene rings is 2. The van der Waals surface area contributed by atoms with Crippen LogP contribution in [0.15, 0.2) is 42.5 Å². The maximum absolute atomic E-state index is 12.0. The first kappa shape index (κ1) is 16.7. The zero-order valence-corrected chi connectivity index (χ0v) is 14.1. The van der Waals surface area contributed by atoms with Gasteiger partial charge in [-0.25, -0.2) is 0 Å². The summed E-state index contributed by atoms with van der Waals surface area (Å²) in [5, 5.41) is 6.50. The second-order valence-electron chi connectivity index (χ2n) is 4.70. The van der Waals surface area contributed by atoms with Crippen molar-refractivity contribution in [3.8, 4) is 0 Å². The smallest absolute Gasteiger partial charge is 0.230 e. The zero-order chi connectivity index (χ0) is 16.1. The Morgan fingerprint density at radius 2 is 1.73 bits per heavy atom. The van der Waals surface area contributed by atoms with E-state index in [4.69, 9.17) is 35.4 Å². The van der Waals surface area contributed by atoms with Crippen LogP contribution in [0.1, 0.15) is 11.1 Å². The van der Waals surface area contributed by atoms with E-state index in [2.05, 4.69) is 10.6 Å². The molecule has 114 valence electrons. The first-order valence-electron chi connectivity index (χ1n) is 6.56. The van der Waals surface area contributed by atoms with Crippen molar-refractivity contribution in [1.82, 2.24) is 5.32 Å². The molecule has 3 nitrogen and oxygen atoms in total. The summed E-state index contributed by atoms with van der Waals surface area (Å²) in [5.41, 5.74) is 2.50. The van der Waals surface area contributed by atoms with Gasteiger partial charge in [0.25, 0.3) is 0 Å². The molecule has 0 fully saturated rings. The maximum Gasteiger partial charge on any atom is 0.230 e. The average molecular weight is 353 g/mol. The van der Waals surface area contributed by atoms with Crippen molar-refractivity contribution >= 4 is 52.1 Å². The van der Waals surface area contributed by atoms with E-state index in [-0.39, 0.29) is 17.4 Å². The van der Waals surface area contributed by atoms with E-state index in [1.807, 2.05) is 31.2 Å². The number of thiocarbonyl (C=S) groups is 1. The third kappa shape index (κ3) is 4.44. The third-order valence-electron chi connectivity index (χ3n) is 3.07. The van der Waals surface area contributed by atoms with Crippen LogP contribution in [0, 0.1) is 6.92 Å². The number of carbonyl (C=O) groups excluding carboxylic acids is 1. The van der Waals surface area contributed by atoms with Crippen molar-refractivity contribution in [2.45, 2.75) is 13.3 Å². The van der Waals surface area contributed by atoms with E-state index >= 15 is 0 Å². The normalized spacial score (nSPS) is 10.1. The Balaban J connectivity index is 1.98. The Hall–Kier alpha value is -1.62. The molecule has 0 spiro atoms. The highest BCUT2D eigenvalue weighted by Crippen LogP contribution is 2.29. The molecule has 2 aromatic rings. The second-order valence-corrected chi connectivity index (χ2v) is 5.92. The lowest BCUT2D eigenvalue weighted by Gasteiger charge is -2.12. The van der Waals surface area contributed by atoms with Gasteiger partial charge in [0.2, 0.25) is 5.91 Å². The van der Waals surface area contributed by atoms with E-state index in [0.717, 1.165) is 11.1 Å². The molecule has 2 rings (SSSR count). The molecular weight excluding hydrogens is 339 g/mol. The number of aryl methyl sites for hydroxylation is 1. The van der Waals surface area contributed by atoms with Crippen LogP contribution >= 0.6 is 35.4 Å². The van der Waals surface area contributed by atoms with E-state index < -0.39 is 0 Å². The summed E-state index contributed by atoms with van der Waals surface area (Å²) in [6.07, 6.45) is 0.255. The molecule has 0 aliphatic rings. The van der Waals surface area contributed by atoms with Crippen LogP contribution in [0.4, 0.5) is 5.69 Å². The fourth-order valence-electron chi connectivity index (χ4n) is 1.91. The van der Waals surface area contributed by atoms with Crippen molar-refractivity contribution < 1.29 is 4.79 Å². The number of amides is 1. The highest BCUT2D eigenvalue weighted by Gasteiger charge is 2.10. The summed E-state index contributed by atoms with van der Waals surface area (Å²) in [4.78, 5) is 12.0. The van der Waals surface area contributed by atoms with Gasteiger partial charge in [0, 0.05) is 0 Å². The van der Waals surface area contributed by atoms with Crippen molar-refractivity contribution in [2.75, 3.05) is 5.32 Å². The Kier molecular flexibility index (Phi) is 5.77. The molecule has 1 amide bonds. The van der Waals surface area contributed by atoms with Crippen LogP contribution in [-0.2, 0) is 11.2 Å². The second kappa shape index (κ2) is 7.58. The molecule has 6 heteroatoms. The van der Waals surface area contributed by atoms with Gasteiger partial charge in [0.05, 0.1) is 22.2 Å². The number of hydrogen-bond acceptors (Lipinski definition) is 2. The van der Waals surface area contributed by atoms with Crippen LogP contribution in [0.3, 0.4) is 0 Å². The van der Waals surface area contributed by atoms with Gasteiger partial charge in [-0.3, -0.25) is 4.79 Å². The average Bonchev–Trinajstić information content (AvgIpc) is 2.45. The molecule has 0 saturated carbocycles. The van der Waals surface area contributed by atoms with Crippen molar-refractivity contribution in [3.05, 3.63) is 63.6 Å². The number of hydrogen-bond donors (Lipinski definition) is 2. The molecule has 22 heavy (non-hydrogen) atoms. The summed E-state index contributed by atoms with van der Waals surface area (Å²) in [7, 11) is 0. The highest BCUT2D eigenvalue weighted by molar-refractivity contribution is 7.80. The fourth-order valence-corrected chi connectivity index (χ4v) is 2.62. The van der Waals surface area contributed by atoms with Crippen LogP contribution in [0.5, 0.6) is 0 Å². The van der Waals surface area contributed by atoms with Crippen LogP contribution in [0.25, 0.3) is 0 Å². The summed E-state index contributed by atoms with van der Waals surface area (Å²) >= 11 is 17.2. The van der Waals surface area contributed by atoms with Gasteiger partial charge in [0.1, 0.15) is 0 Å². The van der Waals surface area contributed by atoms with Crippen molar-refractivity contribution in [3.63, 3.8) is 0 Å². The molecule has 0 radical (unpaired) electrons. The molecule has 0 saturated heterocycles. The van der Waals surface area contributed by atoms with E-state index in [0.29, 0.717) is 15.7 Å². The highest BCUT2D eigenvalue weighted by atomic mass is 35.5. The number of rotatable bonds is 3. The van der Waals surface area contributed by atoms with Gasteiger partial charge in [0.15, 0.2) is 5.11 Å². The third-order valence-corrected chi connectivity index (χ3v) is 3.90. The van der Waals surface area contributed by atoms with Crippen molar-refractivity contribution in [2.24, 2.45) is 0 Å². The molecule has 2 N–H and O–H groups in total. The number of para-hydroxylation sites is 1. The van der Waals surface area contributed by atoms with Crippen LogP contribution in [0.2, 0.25) is 10.0 Å².